The average Bonchev–Trinajstić information content (AvgIpc) is 3.79. The molecular weight excluding hydrogens is 602 g/mol. The van der Waals surface area contributed by atoms with Gasteiger partial charge in [0, 0.05) is 17.7 Å². The van der Waals surface area contributed by atoms with Gasteiger partial charge in [0.2, 0.25) is 23.6 Å². The zero-order valence-electron chi connectivity index (χ0n) is 27.1. The van der Waals surface area contributed by atoms with Gasteiger partial charge in [0.15, 0.2) is 17.7 Å². The van der Waals surface area contributed by atoms with Crippen LogP contribution in [0.4, 0.5) is 5.69 Å². The van der Waals surface area contributed by atoms with Gasteiger partial charge in [-0.2, -0.15) is 0 Å². The first-order valence-corrected chi connectivity index (χ1v) is 15.9. The Hall–Kier alpha value is -4.68. The third-order valence-electron chi connectivity index (χ3n) is 9.28. The van der Waals surface area contributed by atoms with Crippen LogP contribution in [0, 0.1) is 11.8 Å². The molecule has 0 saturated carbocycles. The summed E-state index contributed by atoms with van der Waals surface area (Å²) in [6.45, 7) is 10.6. The Kier molecular flexibility index (Phi) is 7.21. The highest BCUT2D eigenvalue weighted by Crippen LogP contribution is 2.59. The third kappa shape index (κ3) is 4.89. The van der Waals surface area contributed by atoms with Crippen molar-refractivity contribution in [3.05, 3.63) is 82.8 Å². The molecule has 5 atom stereocenters. The summed E-state index contributed by atoms with van der Waals surface area (Å²) in [5, 5.41) is 30.6. The zero-order chi connectivity index (χ0) is 33.4. The van der Waals surface area contributed by atoms with Gasteiger partial charge >= 0.3 is 0 Å². The number of oxazole rings is 2. The Balaban J connectivity index is 1.48. The number of aromatic nitrogens is 2. The van der Waals surface area contributed by atoms with Gasteiger partial charge < -0.3 is 39.7 Å². The Bertz CT molecular complexity index is 1870. The molecule has 3 unspecified atom stereocenters. The van der Waals surface area contributed by atoms with Crippen molar-refractivity contribution in [1.82, 2.24) is 20.6 Å². The topological polar surface area (TPSA) is 172 Å². The van der Waals surface area contributed by atoms with E-state index in [0.29, 0.717) is 22.9 Å². The van der Waals surface area contributed by atoms with Gasteiger partial charge in [0.25, 0.3) is 0 Å². The van der Waals surface area contributed by atoms with Crippen molar-refractivity contribution in [2.45, 2.75) is 83.4 Å². The molecule has 246 valence electrons. The number of carbonyl (C=O) groups excluding carboxylic acids is 2. The van der Waals surface area contributed by atoms with Gasteiger partial charge in [-0.3, -0.25) is 9.59 Å². The second kappa shape index (κ2) is 11.0. The minimum absolute atomic E-state index is 0.144. The van der Waals surface area contributed by atoms with E-state index in [-0.39, 0.29) is 30.0 Å². The molecule has 0 saturated heterocycles. The van der Waals surface area contributed by atoms with Crippen molar-refractivity contribution in [3.8, 4) is 17.3 Å². The number of para-hydroxylation sites is 1. The molecule has 3 aliphatic heterocycles. The van der Waals surface area contributed by atoms with Crippen molar-refractivity contribution in [3.63, 3.8) is 0 Å². The molecule has 0 fully saturated rings. The number of aliphatic hydroxyl groups excluding tert-OH is 1. The lowest BCUT2D eigenvalue weighted by atomic mass is 9.72. The Morgan fingerprint density at radius 2 is 1.85 bits per heavy atom. The average molecular weight is 642 g/mol. The van der Waals surface area contributed by atoms with Crippen LogP contribution in [0.25, 0.3) is 11.6 Å². The lowest BCUT2D eigenvalue weighted by molar-refractivity contribution is -0.135. The fourth-order valence-electron chi connectivity index (χ4n) is 6.67. The lowest BCUT2D eigenvalue weighted by Crippen LogP contribution is -2.52. The monoisotopic (exact) mass is 641 g/mol. The predicted octanol–water partition coefficient (Wildman–Crippen LogP) is 3.91. The van der Waals surface area contributed by atoms with Crippen molar-refractivity contribution in [1.29, 1.82) is 0 Å². The van der Waals surface area contributed by atoms with E-state index in [4.69, 9.17) is 18.6 Å². The minimum atomic E-state index is -1.28. The number of ether oxygens (including phenoxy) is 1. The lowest BCUT2D eigenvalue weighted by Gasteiger charge is -2.29. The molecule has 2 aromatic heterocycles. The number of rotatable bonds is 6. The maximum absolute atomic E-state index is 14.0. The number of amides is 2. The second-order valence-electron chi connectivity index (χ2n) is 13.8. The fourth-order valence-corrected chi connectivity index (χ4v) is 6.67. The first kappa shape index (κ1) is 30.9. The molecule has 5 N–H and O–H groups in total. The van der Waals surface area contributed by atoms with Crippen molar-refractivity contribution >= 4 is 17.5 Å². The Labute approximate surface area is 271 Å². The number of nitrogens with one attached hydrogen (secondary N) is 3. The number of carbonyl (C=O) groups is 2. The molecule has 2 aromatic carbocycles. The summed E-state index contributed by atoms with van der Waals surface area (Å²) < 4.78 is 19.3. The fraction of sp³-hybridized carbons (Fsp3) is 0.429. The van der Waals surface area contributed by atoms with E-state index in [1.165, 1.54) is 6.26 Å². The highest BCUT2D eigenvalue weighted by Gasteiger charge is 2.61. The summed E-state index contributed by atoms with van der Waals surface area (Å²) in [7, 11) is 0. The summed E-state index contributed by atoms with van der Waals surface area (Å²) in [6.07, 6.45) is -0.352. The SMILES string of the molecule is CC(C)[C@H](O)C(=O)NC1Cc2ccc3c(c2)C2(c4ccccc4NC2O3)c2oc(nc2-c2nc(C(C)(C)O)co2)[C@H](C(C)C)NC1=O. The summed E-state index contributed by atoms with van der Waals surface area (Å²) in [5.41, 5.74) is 1.60. The first-order valence-electron chi connectivity index (χ1n) is 15.9. The molecule has 3 aliphatic rings. The molecule has 5 heterocycles. The summed E-state index contributed by atoms with van der Waals surface area (Å²) >= 11 is 0. The van der Waals surface area contributed by atoms with Crippen LogP contribution in [0.1, 0.15) is 81.6 Å². The van der Waals surface area contributed by atoms with Crippen molar-refractivity contribution in [2.24, 2.45) is 11.8 Å². The van der Waals surface area contributed by atoms with Crippen molar-refractivity contribution < 1.29 is 33.4 Å². The largest absolute Gasteiger partial charge is 0.469 e. The quantitative estimate of drug-likeness (QED) is 0.208. The molecule has 7 rings (SSSR count). The van der Waals surface area contributed by atoms with Gasteiger partial charge in [-0.15, -0.1) is 0 Å². The highest BCUT2D eigenvalue weighted by atomic mass is 16.5. The Morgan fingerprint density at radius 1 is 1.09 bits per heavy atom. The molecule has 0 aliphatic carbocycles. The summed E-state index contributed by atoms with van der Waals surface area (Å²) in [5.74, 6) is -0.212. The molecule has 4 aromatic rings. The maximum Gasteiger partial charge on any atom is 0.249 e. The number of benzene rings is 2. The third-order valence-corrected chi connectivity index (χ3v) is 9.28. The van der Waals surface area contributed by atoms with Crippen LogP contribution in [0.3, 0.4) is 0 Å². The number of aliphatic hydroxyl groups is 2. The number of fused-ring (bicyclic) bond motifs is 4. The van der Waals surface area contributed by atoms with E-state index >= 15 is 0 Å². The van der Waals surface area contributed by atoms with Gasteiger partial charge in [-0.05, 0) is 48.9 Å². The molecule has 0 radical (unpaired) electrons. The van der Waals surface area contributed by atoms with E-state index in [1.807, 2.05) is 56.3 Å². The normalized spacial score (nSPS) is 23.6. The summed E-state index contributed by atoms with van der Waals surface area (Å²) in [4.78, 5) is 36.6. The van der Waals surface area contributed by atoms with Crippen LogP contribution >= 0.6 is 0 Å². The molecule has 4 bridgehead atoms. The van der Waals surface area contributed by atoms with Crippen LogP contribution in [-0.2, 0) is 27.0 Å². The van der Waals surface area contributed by atoms with E-state index in [9.17, 15) is 19.8 Å². The number of hydrogen-bond acceptors (Lipinski definition) is 10. The predicted molar refractivity (Wildman–Crippen MR) is 170 cm³/mol. The molecular formula is C35H39N5O7. The number of hydrogen-bond donors (Lipinski definition) is 5. The molecule has 1 spiro atoms. The van der Waals surface area contributed by atoms with E-state index in [2.05, 4.69) is 20.9 Å². The second-order valence-corrected chi connectivity index (χ2v) is 13.8. The van der Waals surface area contributed by atoms with Gasteiger partial charge in [0.05, 0.1) is 0 Å². The van der Waals surface area contributed by atoms with Gasteiger partial charge in [-0.1, -0.05) is 58.0 Å². The van der Waals surface area contributed by atoms with Crippen LogP contribution < -0.4 is 20.7 Å². The minimum Gasteiger partial charge on any atom is -0.469 e. The summed E-state index contributed by atoms with van der Waals surface area (Å²) in [6, 6.07) is 11.8. The standard InChI is InChI=1S/C35H39N5O7/c1-16(2)25-32-40-26(31-38-24(15-45-31)34(5,6)44)28(47-32)35-19-9-7-8-10-21(19)37-33(35)46-23-12-11-18(13-20(23)35)14-22(29(42)39-25)36-30(43)27(41)17(3)4/h7-13,15-17,22,25,27,33,37,41,44H,14H2,1-6H3,(H,36,43)(H,39,42)/t22?,25-,27-,33?,35?/m0/s1. The van der Waals surface area contributed by atoms with Crippen LogP contribution in [0.2, 0.25) is 0 Å². The highest BCUT2D eigenvalue weighted by molar-refractivity contribution is 5.90. The molecule has 12 nitrogen and oxygen atoms in total. The molecule has 12 heteroatoms. The van der Waals surface area contributed by atoms with Crippen LogP contribution in [-0.4, -0.2) is 50.4 Å². The van der Waals surface area contributed by atoms with Crippen LogP contribution in [0.15, 0.2) is 57.6 Å². The maximum atomic E-state index is 14.0. The number of nitrogens with zero attached hydrogens (tertiary/aromatic N) is 2. The van der Waals surface area contributed by atoms with Crippen LogP contribution in [0.5, 0.6) is 5.75 Å². The van der Waals surface area contributed by atoms with E-state index in [1.54, 1.807) is 27.7 Å². The molecule has 2 amide bonds. The van der Waals surface area contributed by atoms with Crippen molar-refractivity contribution in [2.75, 3.05) is 5.32 Å². The molecule has 47 heavy (non-hydrogen) atoms. The van der Waals surface area contributed by atoms with E-state index < -0.39 is 47.2 Å². The van der Waals surface area contributed by atoms with Gasteiger partial charge in [0.1, 0.15) is 46.9 Å². The first-order chi connectivity index (χ1) is 22.3. The van der Waals surface area contributed by atoms with E-state index in [0.717, 1.165) is 22.4 Å². The van der Waals surface area contributed by atoms with Gasteiger partial charge in [-0.25, -0.2) is 9.97 Å². The Morgan fingerprint density at radius 3 is 2.55 bits per heavy atom. The smallest absolute Gasteiger partial charge is 0.249 e. The zero-order valence-corrected chi connectivity index (χ0v) is 27.1. The number of anilines is 1.